The summed E-state index contributed by atoms with van der Waals surface area (Å²) in [5.41, 5.74) is 1.57. The minimum atomic E-state index is -0.344. The number of aromatic nitrogens is 4. The summed E-state index contributed by atoms with van der Waals surface area (Å²) in [5, 5.41) is 11.9. The molecule has 0 aliphatic carbocycles. The second-order valence-electron chi connectivity index (χ2n) is 5.92. The van der Waals surface area contributed by atoms with Gasteiger partial charge in [-0.25, -0.2) is 0 Å². The van der Waals surface area contributed by atoms with Gasteiger partial charge in [0.05, 0.1) is 23.4 Å². The first-order valence-electron chi connectivity index (χ1n) is 7.39. The first-order chi connectivity index (χ1) is 11.0. The van der Waals surface area contributed by atoms with E-state index in [9.17, 15) is 0 Å². The van der Waals surface area contributed by atoms with Gasteiger partial charge in [0, 0.05) is 4.47 Å². The van der Waals surface area contributed by atoms with Gasteiger partial charge >= 0.3 is 0 Å². The number of nitrogens with zero attached hydrogens (tertiary/aromatic N) is 4. The smallest absolute Gasteiger partial charge is 0.259 e. The van der Waals surface area contributed by atoms with E-state index in [0.29, 0.717) is 17.6 Å². The molecule has 0 aliphatic heterocycles. The van der Waals surface area contributed by atoms with E-state index < -0.39 is 0 Å². The summed E-state index contributed by atoms with van der Waals surface area (Å²) >= 11 is 3.48. The second kappa shape index (κ2) is 6.20. The Morgan fingerprint density at radius 2 is 1.83 bits per heavy atom. The summed E-state index contributed by atoms with van der Waals surface area (Å²) in [6.45, 7) is 6.46. The van der Waals surface area contributed by atoms with Crippen molar-refractivity contribution in [2.75, 3.05) is 0 Å². The van der Waals surface area contributed by atoms with Crippen LogP contribution in [0, 0.1) is 5.92 Å². The Morgan fingerprint density at radius 1 is 1.09 bits per heavy atom. The zero-order valence-corrected chi connectivity index (χ0v) is 14.8. The highest BCUT2D eigenvalue weighted by atomic mass is 79.9. The van der Waals surface area contributed by atoms with Gasteiger partial charge in [0.15, 0.2) is 5.82 Å². The van der Waals surface area contributed by atoms with Crippen LogP contribution in [0.2, 0.25) is 0 Å². The van der Waals surface area contributed by atoms with Crippen LogP contribution in [0.4, 0.5) is 0 Å². The van der Waals surface area contributed by atoms with Gasteiger partial charge in [-0.05, 0) is 36.6 Å². The summed E-state index contributed by atoms with van der Waals surface area (Å²) in [5.74, 6) is 1.42. The number of halogens is 1. The van der Waals surface area contributed by atoms with Gasteiger partial charge in [0.2, 0.25) is 0 Å². The average Bonchev–Trinajstić information content (AvgIpc) is 3.06. The topological polar surface area (TPSA) is 64.7 Å². The predicted octanol–water partition coefficient (Wildman–Crippen LogP) is 4.25. The van der Waals surface area contributed by atoms with Gasteiger partial charge in [0.25, 0.3) is 5.89 Å². The fourth-order valence-electron chi connectivity index (χ4n) is 2.49. The molecule has 0 bridgehead atoms. The van der Waals surface area contributed by atoms with Gasteiger partial charge in [-0.1, -0.05) is 47.1 Å². The van der Waals surface area contributed by atoms with Crippen LogP contribution in [-0.4, -0.2) is 20.3 Å². The van der Waals surface area contributed by atoms with Crippen LogP contribution in [-0.2, 0) is 5.41 Å². The molecule has 0 radical (unpaired) electrons. The summed E-state index contributed by atoms with van der Waals surface area (Å²) in [6.07, 6.45) is 3.22. The molecular weight excluding hydrogens is 356 g/mol. The van der Waals surface area contributed by atoms with Crippen LogP contribution >= 0.6 is 15.9 Å². The molecule has 0 aliphatic rings. The molecule has 0 saturated carbocycles. The van der Waals surface area contributed by atoms with Gasteiger partial charge in [-0.3, -0.25) is 0 Å². The number of benzene rings is 1. The van der Waals surface area contributed by atoms with E-state index in [1.807, 2.05) is 12.1 Å². The minimum Gasteiger partial charge on any atom is -0.334 e. The Morgan fingerprint density at radius 3 is 2.43 bits per heavy atom. The molecule has 5 nitrogen and oxygen atoms in total. The van der Waals surface area contributed by atoms with Crippen LogP contribution in [0.3, 0.4) is 0 Å². The molecular formula is C17H17BrN4O. The average molecular weight is 373 g/mol. The Kier molecular flexibility index (Phi) is 4.26. The molecule has 3 rings (SSSR count). The lowest BCUT2D eigenvalue weighted by molar-refractivity contribution is 0.350. The van der Waals surface area contributed by atoms with Gasteiger partial charge in [-0.15, -0.1) is 0 Å². The lowest BCUT2D eigenvalue weighted by Gasteiger charge is -2.31. The van der Waals surface area contributed by atoms with Gasteiger partial charge in [-0.2, -0.15) is 15.2 Å². The number of hydrogen-bond donors (Lipinski definition) is 0. The molecule has 23 heavy (non-hydrogen) atoms. The van der Waals surface area contributed by atoms with Crippen molar-refractivity contribution in [2.45, 2.75) is 26.2 Å². The van der Waals surface area contributed by atoms with E-state index in [2.05, 4.69) is 69.2 Å². The number of rotatable bonds is 4. The molecule has 0 amide bonds. The maximum Gasteiger partial charge on any atom is 0.259 e. The molecule has 118 valence electrons. The molecule has 0 spiro atoms. The van der Waals surface area contributed by atoms with Gasteiger partial charge in [0.1, 0.15) is 0 Å². The van der Waals surface area contributed by atoms with Crippen LogP contribution in [0.15, 0.2) is 51.7 Å². The highest BCUT2D eigenvalue weighted by Crippen LogP contribution is 2.38. The zero-order valence-electron chi connectivity index (χ0n) is 13.2. The van der Waals surface area contributed by atoms with Gasteiger partial charge < -0.3 is 4.52 Å². The lowest BCUT2D eigenvalue weighted by Crippen LogP contribution is -2.31. The molecule has 1 atom stereocenters. The first-order valence-corrected chi connectivity index (χ1v) is 8.18. The third-order valence-corrected chi connectivity index (χ3v) is 4.85. The maximum atomic E-state index is 5.45. The number of hydrogen-bond acceptors (Lipinski definition) is 5. The Balaban J connectivity index is 2.06. The molecule has 3 aromatic rings. The molecule has 2 aromatic heterocycles. The molecule has 1 unspecified atom stereocenters. The predicted molar refractivity (Wildman–Crippen MR) is 90.8 cm³/mol. The van der Waals surface area contributed by atoms with Crippen LogP contribution < -0.4 is 0 Å². The normalized spacial score (nSPS) is 14.0. The van der Waals surface area contributed by atoms with E-state index in [1.165, 1.54) is 0 Å². The van der Waals surface area contributed by atoms with Crippen LogP contribution in [0.25, 0.3) is 11.5 Å². The molecule has 2 heterocycles. The highest BCUT2D eigenvalue weighted by molar-refractivity contribution is 9.10. The monoisotopic (exact) mass is 372 g/mol. The van der Waals surface area contributed by atoms with E-state index in [4.69, 9.17) is 4.52 Å². The van der Waals surface area contributed by atoms with Crippen molar-refractivity contribution in [1.82, 2.24) is 20.3 Å². The largest absolute Gasteiger partial charge is 0.334 e. The van der Waals surface area contributed by atoms with Crippen molar-refractivity contribution in [2.24, 2.45) is 5.92 Å². The lowest BCUT2D eigenvalue weighted by atomic mass is 9.73. The third kappa shape index (κ3) is 2.91. The molecule has 6 heteroatoms. The van der Waals surface area contributed by atoms with Crippen molar-refractivity contribution in [3.63, 3.8) is 0 Å². The molecule has 0 fully saturated rings. The first kappa shape index (κ1) is 15.8. The fourth-order valence-corrected chi connectivity index (χ4v) is 2.75. The van der Waals surface area contributed by atoms with Crippen molar-refractivity contribution in [3.8, 4) is 11.5 Å². The van der Waals surface area contributed by atoms with Crippen molar-refractivity contribution in [1.29, 1.82) is 0 Å². The molecule has 0 saturated heterocycles. The Labute approximate surface area is 143 Å². The quantitative estimate of drug-likeness (QED) is 0.684. The summed E-state index contributed by atoms with van der Waals surface area (Å²) < 4.78 is 6.50. The standard InChI is InChI=1S/C17H17BrN4O/c1-11(2)17(3,13-4-6-14(18)7-5-13)16-21-15(23-22-16)12-8-9-19-20-10-12/h4-11H,1-3H3. The van der Waals surface area contributed by atoms with E-state index in [0.717, 1.165) is 15.6 Å². The van der Waals surface area contributed by atoms with E-state index in [1.54, 1.807) is 18.5 Å². The zero-order chi connectivity index (χ0) is 16.4. The Hall–Kier alpha value is -2.08. The van der Waals surface area contributed by atoms with Crippen molar-refractivity contribution >= 4 is 15.9 Å². The van der Waals surface area contributed by atoms with Crippen LogP contribution in [0.1, 0.15) is 32.2 Å². The summed E-state index contributed by atoms with van der Waals surface area (Å²) in [4.78, 5) is 4.62. The van der Waals surface area contributed by atoms with E-state index in [-0.39, 0.29) is 5.41 Å². The van der Waals surface area contributed by atoms with Crippen LogP contribution in [0.5, 0.6) is 0 Å². The van der Waals surface area contributed by atoms with E-state index >= 15 is 0 Å². The Bertz CT molecular complexity index is 786. The fraction of sp³-hybridized carbons (Fsp3) is 0.294. The SMILES string of the molecule is CC(C)C(C)(c1ccc(Br)cc1)c1noc(-c2ccnnc2)n1. The highest BCUT2D eigenvalue weighted by Gasteiger charge is 2.37. The second-order valence-corrected chi connectivity index (χ2v) is 6.83. The van der Waals surface area contributed by atoms with Crippen molar-refractivity contribution in [3.05, 3.63) is 58.6 Å². The molecule has 1 aromatic carbocycles. The van der Waals surface area contributed by atoms with Crippen molar-refractivity contribution < 1.29 is 4.52 Å². The maximum absolute atomic E-state index is 5.45. The molecule has 0 N–H and O–H groups in total. The summed E-state index contributed by atoms with van der Waals surface area (Å²) in [7, 11) is 0. The summed E-state index contributed by atoms with van der Waals surface area (Å²) in [6, 6.07) is 10.0. The minimum absolute atomic E-state index is 0.296. The third-order valence-electron chi connectivity index (χ3n) is 4.32.